The van der Waals surface area contributed by atoms with Crippen molar-refractivity contribution in [3.8, 4) is 23.2 Å². The number of ether oxygens (including phenoxy) is 2. The number of hydrogen-bond acceptors (Lipinski definition) is 9. The summed E-state index contributed by atoms with van der Waals surface area (Å²) in [5.41, 5.74) is 2.10. The molecule has 10 heteroatoms. The molecule has 0 bridgehead atoms. The van der Waals surface area contributed by atoms with Crippen LogP contribution in [0.3, 0.4) is 0 Å². The minimum atomic E-state index is -0.562. The van der Waals surface area contributed by atoms with Crippen LogP contribution in [-0.4, -0.2) is 72.4 Å². The van der Waals surface area contributed by atoms with E-state index < -0.39 is 5.82 Å². The Kier molecular flexibility index (Phi) is 6.20. The van der Waals surface area contributed by atoms with E-state index in [1.165, 1.54) is 12.1 Å². The Morgan fingerprint density at radius 3 is 2.65 bits per heavy atom. The van der Waals surface area contributed by atoms with Crippen LogP contribution in [0.4, 0.5) is 21.8 Å². The number of benzene rings is 1. The van der Waals surface area contributed by atoms with Crippen molar-refractivity contribution in [2.24, 2.45) is 0 Å². The first-order valence-electron chi connectivity index (χ1n) is 11.1. The van der Waals surface area contributed by atoms with Gasteiger partial charge in [0, 0.05) is 37.9 Å². The van der Waals surface area contributed by atoms with Crippen molar-refractivity contribution < 1.29 is 13.9 Å². The number of methoxy groups -OCH3 is 1. The monoisotopic (exact) mass is 461 g/mol. The standard InChI is InChI=1S/C24H24FN7O2/c1-33-23-21(32-10-8-31(9-11-32)18-14-34-15-18)4-5-22(29-23)30-24-27-7-6-20(28-24)16-2-3-19(25)17(12-16)13-26/h2-7,12,18H,8-11,14-15H2,1H3,(H,27,28,29,30). The summed E-state index contributed by atoms with van der Waals surface area (Å²) in [6.07, 6.45) is 1.60. The molecule has 1 N–H and O–H groups in total. The van der Waals surface area contributed by atoms with E-state index >= 15 is 0 Å². The van der Waals surface area contributed by atoms with Crippen molar-refractivity contribution in [2.45, 2.75) is 6.04 Å². The van der Waals surface area contributed by atoms with Crippen molar-refractivity contribution in [3.05, 3.63) is 54.0 Å². The number of anilines is 3. The lowest BCUT2D eigenvalue weighted by molar-refractivity contribution is -0.0660. The zero-order valence-electron chi connectivity index (χ0n) is 18.7. The lowest BCUT2D eigenvalue weighted by Gasteiger charge is -2.43. The fourth-order valence-corrected chi connectivity index (χ4v) is 4.12. The van der Waals surface area contributed by atoms with Gasteiger partial charge in [0.2, 0.25) is 11.8 Å². The second kappa shape index (κ2) is 9.59. The van der Waals surface area contributed by atoms with Gasteiger partial charge in [-0.1, -0.05) is 0 Å². The molecule has 0 unspecified atom stereocenters. The van der Waals surface area contributed by atoms with E-state index in [9.17, 15) is 4.39 Å². The highest BCUT2D eigenvalue weighted by Gasteiger charge is 2.29. The molecule has 0 amide bonds. The van der Waals surface area contributed by atoms with E-state index in [-0.39, 0.29) is 5.56 Å². The first-order valence-corrected chi connectivity index (χ1v) is 11.1. The minimum Gasteiger partial charge on any atom is -0.479 e. The molecule has 0 radical (unpaired) electrons. The molecule has 34 heavy (non-hydrogen) atoms. The van der Waals surface area contributed by atoms with E-state index in [0.29, 0.717) is 34.9 Å². The Morgan fingerprint density at radius 1 is 1.12 bits per heavy atom. The molecule has 0 aliphatic carbocycles. The van der Waals surface area contributed by atoms with Gasteiger partial charge < -0.3 is 19.7 Å². The van der Waals surface area contributed by atoms with Gasteiger partial charge in [0.05, 0.1) is 37.6 Å². The minimum absolute atomic E-state index is 0.0329. The zero-order valence-corrected chi connectivity index (χ0v) is 18.7. The maximum Gasteiger partial charge on any atom is 0.239 e. The second-order valence-corrected chi connectivity index (χ2v) is 8.14. The van der Waals surface area contributed by atoms with Gasteiger partial charge in [-0.25, -0.2) is 14.4 Å². The molecular formula is C24H24FN7O2. The third-order valence-corrected chi connectivity index (χ3v) is 6.10. The van der Waals surface area contributed by atoms with E-state index in [4.69, 9.17) is 14.7 Å². The van der Waals surface area contributed by atoms with Gasteiger partial charge in [-0.15, -0.1) is 0 Å². The highest BCUT2D eigenvalue weighted by molar-refractivity contribution is 5.65. The van der Waals surface area contributed by atoms with Crippen LogP contribution in [0.1, 0.15) is 5.56 Å². The van der Waals surface area contributed by atoms with Crippen LogP contribution in [0.5, 0.6) is 5.88 Å². The number of nitriles is 1. The topological polar surface area (TPSA) is 99.4 Å². The van der Waals surface area contributed by atoms with Crippen LogP contribution < -0.4 is 15.0 Å². The first kappa shape index (κ1) is 22.0. The van der Waals surface area contributed by atoms with Gasteiger partial charge in [-0.2, -0.15) is 10.2 Å². The lowest BCUT2D eigenvalue weighted by atomic mass is 10.1. The number of nitrogens with zero attached hydrogens (tertiary/aromatic N) is 6. The van der Waals surface area contributed by atoms with Gasteiger partial charge >= 0.3 is 0 Å². The molecule has 1 aromatic carbocycles. The van der Waals surface area contributed by atoms with Crippen molar-refractivity contribution in [3.63, 3.8) is 0 Å². The molecule has 2 aromatic heterocycles. The summed E-state index contributed by atoms with van der Waals surface area (Å²) in [7, 11) is 1.61. The number of halogens is 1. The first-order chi connectivity index (χ1) is 16.6. The Balaban J connectivity index is 1.31. The molecule has 2 saturated heterocycles. The van der Waals surface area contributed by atoms with E-state index in [1.54, 1.807) is 25.4 Å². The molecule has 2 fully saturated rings. The van der Waals surface area contributed by atoms with E-state index in [0.717, 1.165) is 45.1 Å². The van der Waals surface area contributed by atoms with E-state index in [2.05, 4.69) is 30.1 Å². The third-order valence-electron chi connectivity index (χ3n) is 6.10. The Morgan fingerprint density at radius 2 is 1.94 bits per heavy atom. The Labute approximate surface area is 196 Å². The number of piperazine rings is 1. The van der Waals surface area contributed by atoms with Crippen LogP contribution in [-0.2, 0) is 4.74 Å². The smallest absolute Gasteiger partial charge is 0.239 e. The molecule has 2 aliphatic rings. The molecule has 174 valence electrons. The summed E-state index contributed by atoms with van der Waals surface area (Å²) < 4.78 is 24.6. The summed E-state index contributed by atoms with van der Waals surface area (Å²) in [5.74, 6) is 0.839. The summed E-state index contributed by atoms with van der Waals surface area (Å²) in [4.78, 5) is 18.1. The predicted molar refractivity (Wildman–Crippen MR) is 125 cm³/mol. The number of aromatic nitrogens is 3. The van der Waals surface area contributed by atoms with Crippen molar-refractivity contribution in [2.75, 3.05) is 56.7 Å². The molecule has 0 atom stereocenters. The molecular weight excluding hydrogens is 437 g/mol. The SMILES string of the molecule is COc1nc(Nc2nccc(-c3ccc(F)c(C#N)c3)n2)ccc1N1CCN(C2COC2)CC1. The third kappa shape index (κ3) is 4.48. The number of rotatable bonds is 6. The molecule has 9 nitrogen and oxygen atoms in total. The lowest BCUT2D eigenvalue weighted by Crippen LogP contribution is -2.56. The average Bonchev–Trinajstić information content (AvgIpc) is 2.84. The maximum absolute atomic E-state index is 13.7. The molecule has 2 aliphatic heterocycles. The van der Waals surface area contributed by atoms with Gasteiger partial charge in [0.15, 0.2) is 0 Å². The fourth-order valence-electron chi connectivity index (χ4n) is 4.12. The molecule has 4 heterocycles. The van der Waals surface area contributed by atoms with Crippen LogP contribution in [0, 0.1) is 17.1 Å². The second-order valence-electron chi connectivity index (χ2n) is 8.14. The van der Waals surface area contributed by atoms with Crippen molar-refractivity contribution in [1.29, 1.82) is 5.26 Å². The zero-order chi connectivity index (χ0) is 23.5. The van der Waals surface area contributed by atoms with Crippen molar-refractivity contribution >= 4 is 17.5 Å². The molecule has 5 rings (SSSR count). The van der Waals surface area contributed by atoms with Crippen LogP contribution in [0.15, 0.2) is 42.6 Å². The largest absolute Gasteiger partial charge is 0.479 e. The number of pyridine rings is 1. The summed E-state index contributed by atoms with van der Waals surface area (Å²) in [6, 6.07) is 12.3. The van der Waals surface area contributed by atoms with Crippen LogP contribution in [0.25, 0.3) is 11.3 Å². The van der Waals surface area contributed by atoms with Crippen LogP contribution in [0.2, 0.25) is 0 Å². The highest BCUT2D eigenvalue weighted by Crippen LogP contribution is 2.30. The molecule has 3 aromatic rings. The Hall–Kier alpha value is -3.81. The normalized spacial score (nSPS) is 16.6. The summed E-state index contributed by atoms with van der Waals surface area (Å²) >= 11 is 0. The summed E-state index contributed by atoms with van der Waals surface area (Å²) in [6.45, 7) is 5.41. The number of nitrogens with one attached hydrogen (secondary N) is 1. The Bertz CT molecular complexity index is 1220. The number of hydrogen-bond donors (Lipinski definition) is 1. The van der Waals surface area contributed by atoms with Gasteiger partial charge in [-0.3, -0.25) is 4.90 Å². The fraction of sp³-hybridized carbons (Fsp3) is 0.333. The highest BCUT2D eigenvalue weighted by atomic mass is 19.1. The quantitative estimate of drug-likeness (QED) is 0.594. The molecule has 0 saturated carbocycles. The predicted octanol–water partition coefficient (Wildman–Crippen LogP) is 2.82. The van der Waals surface area contributed by atoms with Gasteiger partial charge in [-0.05, 0) is 36.4 Å². The van der Waals surface area contributed by atoms with Gasteiger partial charge in [0.1, 0.15) is 23.4 Å². The van der Waals surface area contributed by atoms with E-state index in [1.807, 2.05) is 18.2 Å². The average molecular weight is 462 g/mol. The van der Waals surface area contributed by atoms with Gasteiger partial charge in [0.25, 0.3) is 0 Å². The summed E-state index contributed by atoms with van der Waals surface area (Å²) in [5, 5.41) is 12.2. The molecule has 0 spiro atoms. The van der Waals surface area contributed by atoms with Crippen molar-refractivity contribution in [1.82, 2.24) is 19.9 Å². The van der Waals surface area contributed by atoms with Crippen LogP contribution >= 0.6 is 0 Å². The maximum atomic E-state index is 13.7.